The Bertz CT molecular complexity index is 620. The van der Waals surface area contributed by atoms with E-state index in [1.807, 2.05) is 37.6 Å². The summed E-state index contributed by atoms with van der Waals surface area (Å²) in [5, 5.41) is 20.8. The monoisotopic (exact) mass is 326 g/mol. The molecule has 2 heterocycles. The van der Waals surface area contributed by atoms with E-state index in [0.29, 0.717) is 5.16 Å². The van der Waals surface area contributed by atoms with Gasteiger partial charge >= 0.3 is 5.97 Å². The van der Waals surface area contributed by atoms with Crippen molar-refractivity contribution in [3.63, 3.8) is 0 Å². The van der Waals surface area contributed by atoms with Gasteiger partial charge in [0.1, 0.15) is 10.8 Å². The van der Waals surface area contributed by atoms with Crippen LogP contribution in [0.15, 0.2) is 16.7 Å². The Morgan fingerprint density at radius 1 is 1.48 bits per heavy atom. The first-order valence-corrected chi connectivity index (χ1v) is 8.41. The van der Waals surface area contributed by atoms with Crippen LogP contribution in [0.4, 0.5) is 0 Å². The smallest absolute Gasteiger partial charge is 0.313 e. The zero-order valence-corrected chi connectivity index (χ0v) is 14.0. The summed E-state index contributed by atoms with van der Waals surface area (Å²) in [6, 6.07) is 0. The van der Waals surface area contributed by atoms with Gasteiger partial charge in [0.05, 0.1) is 11.3 Å². The van der Waals surface area contributed by atoms with Crippen molar-refractivity contribution in [2.75, 3.05) is 5.75 Å². The highest BCUT2D eigenvalue weighted by Gasteiger charge is 2.32. The van der Waals surface area contributed by atoms with E-state index in [4.69, 9.17) is 5.11 Å². The molecule has 0 radical (unpaired) electrons. The molecule has 0 saturated heterocycles. The molecule has 0 aliphatic heterocycles. The molecule has 0 unspecified atom stereocenters. The van der Waals surface area contributed by atoms with Crippen LogP contribution < -0.4 is 0 Å². The van der Waals surface area contributed by atoms with Gasteiger partial charge in [0, 0.05) is 17.5 Å². The minimum Gasteiger partial charge on any atom is -0.481 e. The standard InChI is InChI=1S/C13H18N4O2S2/c1-8(2)10-15-16-12(21-7-9(18)19)17(10)13(3,4)11-14-5-6-20-11/h5-6,8H,7H2,1-4H3,(H,18,19). The van der Waals surface area contributed by atoms with Crippen LogP contribution in [0.3, 0.4) is 0 Å². The minimum absolute atomic E-state index is 0.0375. The number of carbonyl (C=O) groups is 1. The summed E-state index contributed by atoms with van der Waals surface area (Å²) in [5.41, 5.74) is -0.419. The van der Waals surface area contributed by atoms with Gasteiger partial charge in [-0.3, -0.25) is 9.36 Å². The fraction of sp³-hybridized carbons (Fsp3) is 0.538. The third-order valence-electron chi connectivity index (χ3n) is 3.01. The van der Waals surface area contributed by atoms with Gasteiger partial charge in [-0.05, 0) is 13.8 Å². The Labute approximate surface area is 131 Å². The minimum atomic E-state index is -0.868. The van der Waals surface area contributed by atoms with Crippen LogP contribution in [0, 0.1) is 0 Å². The third kappa shape index (κ3) is 3.26. The van der Waals surface area contributed by atoms with Crippen LogP contribution in [0.2, 0.25) is 0 Å². The first-order chi connectivity index (χ1) is 9.84. The number of nitrogens with zero attached hydrogens (tertiary/aromatic N) is 4. The summed E-state index contributed by atoms with van der Waals surface area (Å²) >= 11 is 2.75. The average Bonchev–Trinajstić information content (AvgIpc) is 3.05. The Morgan fingerprint density at radius 3 is 2.71 bits per heavy atom. The Morgan fingerprint density at radius 2 is 2.19 bits per heavy atom. The molecule has 21 heavy (non-hydrogen) atoms. The van der Waals surface area contributed by atoms with Crippen LogP contribution in [0.5, 0.6) is 0 Å². The fourth-order valence-electron chi connectivity index (χ4n) is 2.02. The molecule has 2 rings (SSSR count). The van der Waals surface area contributed by atoms with Crippen LogP contribution in [0.25, 0.3) is 0 Å². The Balaban J connectivity index is 2.48. The van der Waals surface area contributed by atoms with Crippen LogP contribution in [0.1, 0.15) is 44.4 Å². The largest absolute Gasteiger partial charge is 0.481 e. The van der Waals surface area contributed by atoms with Gasteiger partial charge < -0.3 is 5.11 Å². The second-order valence-corrected chi connectivity index (χ2v) is 7.25. The normalized spacial score (nSPS) is 12.0. The second kappa shape index (κ2) is 6.15. The summed E-state index contributed by atoms with van der Waals surface area (Å²) in [7, 11) is 0. The quantitative estimate of drug-likeness (QED) is 0.822. The highest BCUT2D eigenvalue weighted by Crippen LogP contribution is 2.34. The number of aromatic nitrogens is 4. The first kappa shape index (κ1) is 16.0. The number of carboxylic acids is 1. The van der Waals surface area contributed by atoms with E-state index in [2.05, 4.69) is 15.2 Å². The van der Waals surface area contributed by atoms with Gasteiger partial charge in [0.15, 0.2) is 5.16 Å². The van der Waals surface area contributed by atoms with Gasteiger partial charge in [-0.1, -0.05) is 25.6 Å². The highest BCUT2D eigenvalue weighted by molar-refractivity contribution is 7.99. The predicted molar refractivity (Wildman–Crippen MR) is 83.0 cm³/mol. The summed E-state index contributed by atoms with van der Waals surface area (Å²) in [6.45, 7) is 8.19. The number of thioether (sulfide) groups is 1. The highest BCUT2D eigenvalue weighted by atomic mass is 32.2. The third-order valence-corrected chi connectivity index (χ3v) is 5.01. The van der Waals surface area contributed by atoms with Gasteiger partial charge in [0.25, 0.3) is 0 Å². The molecule has 114 valence electrons. The van der Waals surface area contributed by atoms with E-state index in [9.17, 15) is 4.79 Å². The van der Waals surface area contributed by atoms with Crippen molar-refractivity contribution in [3.05, 3.63) is 22.4 Å². The average molecular weight is 326 g/mol. The lowest BCUT2D eigenvalue weighted by molar-refractivity contribution is -0.133. The first-order valence-electron chi connectivity index (χ1n) is 6.54. The van der Waals surface area contributed by atoms with E-state index in [0.717, 1.165) is 10.8 Å². The lowest BCUT2D eigenvalue weighted by Crippen LogP contribution is -2.30. The second-order valence-electron chi connectivity index (χ2n) is 5.41. The zero-order valence-electron chi connectivity index (χ0n) is 12.4. The molecule has 0 fully saturated rings. The Hall–Kier alpha value is -1.41. The summed E-state index contributed by atoms with van der Waals surface area (Å²) < 4.78 is 2.00. The van der Waals surface area contributed by atoms with E-state index in [1.54, 1.807) is 17.5 Å². The molecule has 2 aromatic heterocycles. The summed E-state index contributed by atoms with van der Waals surface area (Å²) in [4.78, 5) is 15.2. The molecule has 2 aromatic rings. The van der Waals surface area contributed by atoms with E-state index < -0.39 is 11.5 Å². The number of thiazole rings is 1. The van der Waals surface area contributed by atoms with E-state index in [-0.39, 0.29) is 11.7 Å². The van der Waals surface area contributed by atoms with Gasteiger partial charge in [-0.2, -0.15) is 0 Å². The van der Waals surface area contributed by atoms with Crippen LogP contribution in [-0.2, 0) is 10.3 Å². The number of aliphatic carboxylic acids is 1. The van der Waals surface area contributed by atoms with Crippen molar-refractivity contribution in [1.82, 2.24) is 19.7 Å². The maximum absolute atomic E-state index is 10.8. The molecular weight excluding hydrogens is 308 g/mol. The lowest BCUT2D eigenvalue weighted by Gasteiger charge is -2.28. The molecule has 0 amide bonds. The van der Waals surface area contributed by atoms with Crippen molar-refractivity contribution < 1.29 is 9.90 Å². The molecule has 0 aliphatic rings. The van der Waals surface area contributed by atoms with Gasteiger partial charge in [-0.25, -0.2) is 4.98 Å². The molecule has 0 bridgehead atoms. The molecule has 0 spiro atoms. The van der Waals surface area contributed by atoms with Gasteiger partial charge in [0.2, 0.25) is 0 Å². The molecule has 8 heteroatoms. The molecule has 0 aromatic carbocycles. The van der Waals surface area contributed by atoms with Crippen molar-refractivity contribution in [3.8, 4) is 0 Å². The molecule has 0 atom stereocenters. The van der Waals surface area contributed by atoms with Crippen molar-refractivity contribution in [2.24, 2.45) is 0 Å². The molecule has 1 N–H and O–H groups in total. The van der Waals surface area contributed by atoms with Crippen LogP contribution >= 0.6 is 23.1 Å². The Kier molecular flexibility index (Phi) is 4.67. The number of carboxylic acid groups (broad SMARTS) is 1. The molecule has 0 saturated carbocycles. The number of rotatable bonds is 6. The topological polar surface area (TPSA) is 80.9 Å². The van der Waals surface area contributed by atoms with Crippen molar-refractivity contribution in [2.45, 2.75) is 44.3 Å². The SMILES string of the molecule is CC(C)c1nnc(SCC(=O)O)n1C(C)(C)c1nccs1. The lowest BCUT2D eigenvalue weighted by atomic mass is 10.0. The number of hydrogen-bond donors (Lipinski definition) is 1. The maximum Gasteiger partial charge on any atom is 0.313 e. The van der Waals surface area contributed by atoms with Crippen molar-refractivity contribution in [1.29, 1.82) is 0 Å². The zero-order chi connectivity index (χ0) is 15.6. The molecule has 0 aliphatic carbocycles. The van der Waals surface area contributed by atoms with E-state index in [1.165, 1.54) is 11.8 Å². The summed E-state index contributed by atoms with van der Waals surface area (Å²) in [5.74, 6) is 0.121. The number of hydrogen-bond acceptors (Lipinski definition) is 6. The fourth-order valence-corrected chi connectivity index (χ4v) is 3.58. The van der Waals surface area contributed by atoms with Crippen molar-refractivity contribution >= 4 is 29.1 Å². The predicted octanol–water partition coefficient (Wildman–Crippen LogP) is 2.82. The van der Waals surface area contributed by atoms with Crippen LogP contribution in [-0.4, -0.2) is 36.6 Å². The maximum atomic E-state index is 10.8. The molecular formula is C13H18N4O2S2. The van der Waals surface area contributed by atoms with E-state index >= 15 is 0 Å². The molecule has 6 nitrogen and oxygen atoms in total. The van der Waals surface area contributed by atoms with Gasteiger partial charge in [-0.15, -0.1) is 21.5 Å². The summed E-state index contributed by atoms with van der Waals surface area (Å²) in [6.07, 6.45) is 1.77.